The zero-order chi connectivity index (χ0) is 22.2. The number of benzene rings is 3. The van der Waals surface area contributed by atoms with Crippen LogP contribution in [-0.4, -0.2) is 14.2 Å². The van der Waals surface area contributed by atoms with E-state index in [1.54, 1.807) is 14.2 Å². The quantitative estimate of drug-likeness (QED) is 0.529. The molecule has 5 nitrogen and oxygen atoms in total. The fraction of sp³-hybridized carbons (Fsp3) is 0.222. The second-order valence-electron chi connectivity index (χ2n) is 8.10. The van der Waals surface area contributed by atoms with Gasteiger partial charge in [0.25, 0.3) is 0 Å². The zero-order valence-electron chi connectivity index (χ0n) is 18.3. The summed E-state index contributed by atoms with van der Waals surface area (Å²) in [5.74, 6) is 2.99. The Bertz CT molecular complexity index is 1210. The molecule has 0 aliphatic carbocycles. The van der Waals surface area contributed by atoms with Crippen molar-refractivity contribution in [2.24, 2.45) is 5.92 Å². The van der Waals surface area contributed by atoms with Gasteiger partial charge in [-0.25, -0.2) is 0 Å². The fourth-order valence-electron chi connectivity index (χ4n) is 4.93. The summed E-state index contributed by atoms with van der Waals surface area (Å²) in [6.07, 6.45) is 0. The first-order valence-electron chi connectivity index (χ1n) is 10.6. The molecule has 0 fully saturated rings. The van der Waals surface area contributed by atoms with E-state index in [-0.39, 0.29) is 17.9 Å². The zero-order valence-corrected chi connectivity index (χ0v) is 18.3. The van der Waals surface area contributed by atoms with Crippen LogP contribution < -0.4 is 19.1 Å². The lowest BCUT2D eigenvalue weighted by Crippen LogP contribution is -2.39. The molecule has 5 heteroatoms. The Labute approximate surface area is 188 Å². The summed E-state index contributed by atoms with van der Waals surface area (Å²) in [4.78, 5) is 2.18. The van der Waals surface area contributed by atoms with Crippen molar-refractivity contribution in [3.05, 3.63) is 95.4 Å². The van der Waals surface area contributed by atoms with Crippen molar-refractivity contribution in [2.75, 3.05) is 19.1 Å². The largest absolute Gasteiger partial charge is 0.497 e. The number of nitriles is 1. The highest BCUT2D eigenvalue weighted by Crippen LogP contribution is 2.55. The normalized spacial score (nSPS) is 21.3. The predicted octanol–water partition coefficient (Wildman–Crippen LogP) is 5.81. The standard InChI is InChI=1S/C27H24N2O3/c1-17-25(18-8-12-20(30-2)13-9-18)22(16-28)27-29(23-6-4-5-7-24(23)32-27)26(17)19-10-14-21(31-3)15-11-19/h4-15,17,25-26H,1-3H3/t17-,25+,26-/m1/s1. The third-order valence-electron chi connectivity index (χ3n) is 6.45. The lowest BCUT2D eigenvalue weighted by molar-refractivity contribution is 0.328. The molecule has 0 aromatic heterocycles. The third-order valence-corrected chi connectivity index (χ3v) is 6.45. The van der Waals surface area contributed by atoms with E-state index in [1.807, 2.05) is 60.7 Å². The fourth-order valence-corrected chi connectivity index (χ4v) is 4.93. The first kappa shape index (κ1) is 20.0. The van der Waals surface area contributed by atoms with Crippen molar-refractivity contribution in [3.8, 4) is 23.3 Å². The smallest absolute Gasteiger partial charge is 0.215 e. The molecular formula is C27H24N2O3. The molecule has 3 aromatic rings. The summed E-state index contributed by atoms with van der Waals surface area (Å²) in [5, 5.41) is 10.2. The number of allylic oxidation sites excluding steroid dienone is 1. The van der Waals surface area contributed by atoms with Gasteiger partial charge in [-0.3, -0.25) is 0 Å². The Balaban J connectivity index is 1.70. The highest BCUT2D eigenvalue weighted by atomic mass is 16.5. The van der Waals surface area contributed by atoms with Gasteiger partial charge in [-0.2, -0.15) is 5.26 Å². The van der Waals surface area contributed by atoms with Gasteiger partial charge in [-0.15, -0.1) is 0 Å². The van der Waals surface area contributed by atoms with Gasteiger partial charge in [-0.1, -0.05) is 43.3 Å². The summed E-state index contributed by atoms with van der Waals surface area (Å²) in [6.45, 7) is 2.21. The van der Waals surface area contributed by atoms with Crippen LogP contribution in [0.15, 0.2) is 84.3 Å². The number of fused-ring (bicyclic) bond motifs is 3. The number of ether oxygens (including phenoxy) is 3. The maximum atomic E-state index is 10.2. The summed E-state index contributed by atoms with van der Waals surface area (Å²) < 4.78 is 17.0. The van der Waals surface area contributed by atoms with Crippen LogP contribution in [0.1, 0.15) is 30.0 Å². The second kappa shape index (κ2) is 7.97. The minimum atomic E-state index is -0.112. The van der Waals surface area contributed by atoms with E-state index in [2.05, 4.69) is 30.0 Å². The molecule has 0 amide bonds. The maximum absolute atomic E-state index is 10.2. The first-order chi connectivity index (χ1) is 15.7. The lowest BCUT2D eigenvalue weighted by Gasteiger charge is -2.42. The molecule has 0 N–H and O–H groups in total. The molecule has 3 aromatic carbocycles. The van der Waals surface area contributed by atoms with Crippen molar-refractivity contribution in [1.82, 2.24) is 0 Å². The molecule has 2 aliphatic rings. The van der Waals surface area contributed by atoms with Gasteiger partial charge >= 0.3 is 0 Å². The van der Waals surface area contributed by atoms with Gasteiger partial charge in [0.2, 0.25) is 5.88 Å². The number of para-hydroxylation sites is 2. The van der Waals surface area contributed by atoms with Crippen LogP contribution >= 0.6 is 0 Å². The Morgan fingerprint density at radius 3 is 2.03 bits per heavy atom. The van der Waals surface area contributed by atoms with Crippen molar-refractivity contribution >= 4 is 5.69 Å². The van der Waals surface area contributed by atoms with Crippen molar-refractivity contribution in [2.45, 2.75) is 18.9 Å². The molecule has 0 bridgehead atoms. The van der Waals surface area contributed by atoms with Gasteiger partial charge in [0.1, 0.15) is 17.6 Å². The number of rotatable bonds is 4. The predicted molar refractivity (Wildman–Crippen MR) is 123 cm³/mol. The van der Waals surface area contributed by atoms with Crippen molar-refractivity contribution in [3.63, 3.8) is 0 Å². The summed E-state index contributed by atoms with van der Waals surface area (Å²) in [5.41, 5.74) is 3.84. The summed E-state index contributed by atoms with van der Waals surface area (Å²) in [6, 6.07) is 26.6. The molecular weight excluding hydrogens is 400 g/mol. The molecule has 2 heterocycles. The molecule has 0 saturated carbocycles. The second-order valence-corrected chi connectivity index (χ2v) is 8.10. The van der Waals surface area contributed by atoms with Crippen LogP contribution in [0.25, 0.3) is 0 Å². The van der Waals surface area contributed by atoms with Crippen LogP contribution in [0.2, 0.25) is 0 Å². The minimum absolute atomic E-state index is 0.0104. The van der Waals surface area contributed by atoms with Gasteiger partial charge in [0, 0.05) is 5.92 Å². The Morgan fingerprint density at radius 1 is 0.844 bits per heavy atom. The van der Waals surface area contributed by atoms with E-state index in [1.165, 1.54) is 0 Å². The highest BCUT2D eigenvalue weighted by molar-refractivity contribution is 5.71. The lowest BCUT2D eigenvalue weighted by atomic mass is 9.73. The molecule has 5 rings (SSSR count). The topological polar surface area (TPSA) is 54.7 Å². The Hall–Kier alpha value is -3.91. The minimum Gasteiger partial charge on any atom is -0.497 e. The first-order valence-corrected chi connectivity index (χ1v) is 10.6. The van der Waals surface area contributed by atoms with E-state index in [9.17, 15) is 5.26 Å². The SMILES string of the molecule is COc1ccc([C@H]2C(C#N)=C3Oc4ccccc4N3[C@@H](c3ccc(OC)cc3)[C@@H]2C)cc1. The summed E-state index contributed by atoms with van der Waals surface area (Å²) in [7, 11) is 3.32. The number of anilines is 1. The van der Waals surface area contributed by atoms with E-state index < -0.39 is 0 Å². The van der Waals surface area contributed by atoms with Crippen molar-refractivity contribution < 1.29 is 14.2 Å². The highest BCUT2D eigenvalue weighted by Gasteiger charge is 2.47. The number of hydrogen-bond donors (Lipinski definition) is 0. The van der Waals surface area contributed by atoms with Gasteiger partial charge in [-0.05, 0) is 53.4 Å². The molecule has 0 saturated heterocycles. The molecule has 0 unspecified atom stereocenters. The van der Waals surface area contributed by atoms with Crippen LogP contribution in [0.5, 0.6) is 17.2 Å². The molecule has 3 atom stereocenters. The molecule has 2 aliphatic heterocycles. The van der Waals surface area contributed by atoms with Crippen molar-refractivity contribution in [1.29, 1.82) is 5.26 Å². The van der Waals surface area contributed by atoms with E-state index in [0.717, 1.165) is 34.1 Å². The monoisotopic (exact) mass is 424 g/mol. The van der Waals surface area contributed by atoms with Gasteiger partial charge in [0.05, 0.1) is 31.5 Å². The van der Waals surface area contributed by atoms with Crippen LogP contribution in [0.3, 0.4) is 0 Å². The Kier molecular flexibility index (Phi) is 4.99. The van der Waals surface area contributed by atoms with E-state index >= 15 is 0 Å². The number of nitrogens with zero attached hydrogens (tertiary/aromatic N) is 2. The van der Waals surface area contributed by atoms with Crippen LogP contribution in [0, 0.1) is 17.2 Å². The summed E-state index contributed by atoms with van der Waals surface area (Å²) >= 11 is 0. The molecule has 0 radical (unpaired) electrons. The third kappa shape index (κ3) is 3.07. The molecule has 160 valence electrons. The van der Waals surface area contributed by atoms with E-state index in [0.29, 0.717) is 11.5 Å². The Morgan fingerprint density at radius 2 is 1.44 bits per heavy atom. The average molecular weight is 425 g/mol. The van der Waals surface area contributed by atoms with Crippen LogP contribution in [-0.2, 0) is 0 Å². The van der Waals surface area contributed by atoms with Crippen LogP contribution in [0.4, 0.5) is 5.69 Å². The number of methoxy groups -OCH3 is 2. The number of hydrogen-bond acceptors (Lipinski definition) is 5. The van der Waals surface area contributed by atoms with E-state index in [4.69, 9.17) is 14.2 Å². The molecule has 0 spiro atoms. The van der Waals surface area contributed by atoms with Gasteiger partial charge in [0.15, 0.2) is 5.75 Å². The average Bonchev–Trinajstić information content (AvgIpc) is 3.22. The maximum Gasteiger partial charge on any atom is 0.215 e. The molecule has 32 heavy (non-hydrogen) atoms. The van der Waals surface area contributed by atoms with Gasteiger partial charge < -0.3 is 19.1 Å².